The molecule has 1 aromatic heterocycles. The highest BCUT2D eigenvalue weighted by molar-refractivity contribution is 6.34. The molecule has 4 rings (SSSR count). The number of hydrazone groups is 1. The Morgan fingerprint density at radius 2 is 1.91 bits per heavy atom. The molecule has 0 bridgehead atoms. The number of methoxy groups -OCH3 is 1. The molecular formula is C26H26ClN3O4. The summed E-state index contributed by atoms with van der Waals surface area (Å²) in [5.41, 5.74) is 3.61. The van der Waals surface area contributed by atoms with Crippen LogP contribution in [0.15, 0.2) is 76.4 Å². The summed E-state index contributed by atoms with van der Waals surface area (Å²) in [5.74, 6) is -0.513. The SMILES string of the molecule is COCCN(CC(=O)N1N=C(c2ccccc2Cl)C[C@H]1c1ccc(C)cc1)C(=O)c1ccco1. The van der Waals surface area contributed by atoms with Crippen molar-refractivity contribution in [2.75, 3.05) is 26.8 Å². The van der Waals surface area contributed by atoms with Crippen LogP contribution in [-0.2, 0) is 9.53 Å². The molecule has 8 heteroatoms. The summed E-state index contributed by atoms with van der Waals surface area (Å²) in [4.78, 5) is 27.9. The number of carbonyl (C=O) groups excluding carboxylic acids is 2. The largest absolute Gasteiger partial charge is 0.459 e. The Balaban J connectivity index is 1.63. The topological polar surface area (TPSA) is 75.3 Å². The van der Waals surface area contributed by atoms with E-state index in [1.807, 2.05) is 49.4 Å². The van der Waals surface area contributed by atoms with Crippen LogP contribution in [-0.4, -0.2) is 54.2 Å². The number of rotatable bonds is 8. The van der Waals surface area contributed by atoms with E-state index in [0.717, 1.165) is 22.4 Å². The molecule has 176 valence electrons. The minimum Gasteiger partial charge on any atom is -0.459 e. The van der Waals surface area contributed by atoms with Gasteiger partial charge in [0.05, 0.1) is 24.6 Å². The molecule has 2 heterocycles. The zero-order chi connectivity index (χ0) is 24.1. The predicted octanol–water partition coefficient (Wildman–Crippen LogP) is 4.71. The lowest BCUT2D eigenvalue weighted by molar-refractivity contribution is -0.133. The van der Waals surface area contributed by atoms with Crippen molar-refractivity contribution in [3.63, 3.8) is 0 Å². The predicted molar refractivity (Wildman–Crippen MR) is 130 cm³/mol. The van der Waals surface area contributed by atoms with E-state index >= 15 is 0 Å². The zero-order valence-electron chi connectivity index (χ0n) is 19.1. The molecule has 0 spiro atoms. The first-order chi connectivity index (χ1) is 16.5. The normalized spacial score (nSPS) is 15.3. The third-order valence-electron chi connectivity index (χ3n) is 5.72. The van der Waals surface area contributed by atoms with Gasteiger partial charge < -0.3 is 14.1 Å². The number of aryl methyl sites for hydroxylation is 1. The summed E-state index contributed by atoms with van der Waals surface area (Å²) in [6, 6.07) is 18.4. The van der Waals surface area contributed by atoms with Crippen LogP contribution >= 0.6 is 11.6 Å². The van der Waals surface area contributed by atoms with E-state index in [-0.39, 0.29) is 43.3 Å². The van der Waals surface area contributed by atoms with E-state index in [2.05, 4.69) is 5.10 Å². The fourth-order valence-corrected chi connectivity index (χ4v) is 4.14. The van der Waals surface area contributed by atoms with Crippen molar-refractivity contribution in [3.05, 3.63) is 94.4 Å². The third kappa shape index (κ3) is 5.21. The van der Waals surface area contributed by atoms with E-state index in [0.29, 0.717) is 11.4 Å². The van der Waals surface area contributed by atoms with Gasteiger partial charge in [-0.15, -0.1) is 0 Å². The minimum atomic E-state index is -0.378. The minimum absolute atomic E-state index is 0.162. The number of benzene rings is 2. The zero-order valence-corrected chi connectivity index (χ0v) is 19.9. The molecule has 34 heavy (non-hydrogen) atoms. The van der Waals surface area contributed by atoms with Crippen LogP contribution in [0.1, 0.15) is 39.7 Å². The quantitative estimate of drug-likeness (QED) is 0.469. The first kappa shape index (κ1) is 23.7. The van der Waals surface area contributed by atoms with E-state index in [9.17, 15) is 9.59 Å². The Morgan fingerprint density at radius 3 is 2.59 bits per heavy atom. The highest BCUT2D eigenvalue weighted by Crippen LogP contribution is 2.34. The number of hydrogen-bond donors (Lipinski definition) is 0. The summed E-state index contributed by atoms with van der Waals surface area (Å²) in [7, 11) is 1.55. The highest BCUT2D eigenvalue weighted by Gasteiger charge is 2.35. The molecule has 0 radical (unpaired) electrons. The maximum Gasteiger partial charge on any atom is 0.290 e. The number of nitrogens with zero attached hydrogens (tertiary/aromatic N) is 3. The fourth-order valence-electron chi connectivity index (χ4n) is 3.89. The molecule has 3 aromatic rings. The third-order valence-corrected chi connectivity index (χ3v) is 6.05. The van der Waals surface area contributed by atoms with Crippen molar-refractivity contribution >= 4 is 29.1 Å². The molecule has 1 aliphatic rings. The Bertz CT molecular complexity index is 1180. The van der Waals surface area contributed by atoms with Crippen LogP contribution in [0.3, 0.4) is 0 Å². The lowest BCUT2D eigenvalue weighted by Crippen LogP contribution is -2.42. The first-order valence-corrected chi connectivity index (χ1v) is 11.4. The van der Waals surface area contributed by atoms with Crippen LogP contribution in [0, 0.1) is 6.92 Å². The van der Waals surface area contributed by atoms with Crippen molar-refractivity contribution in [3.8, 4) is 0 Å². The van der Waals surface area contributed by atoms with E-state index < -0.39 is 0 Å². The van der Waals surface area contributed by atoms with Gasteiger partial charge in [0, 0.05) is 30.7 Å². The first-order valence-electron chi connectivity index (χ1n) is 11.0. The van der Waals surface area contributed by atoms with Gasteiger partial charge in [-0.05, 0) is 30.7 Å². The van der Waals surface area contributed by atoms with Crippen LogP contribution < -0.4 is 0 Å². The lowest BCUT2D eigenvalue weighted by atomic mass is 9.97. The smallest absolute Gasteiger partial charge is 0.290 e. The molecule has 1 atom stereocenters. The Hall–Kier alpha value is -3.42. The number of amides is 2. The summed E-state index contributed by atoms with van der Waals surface area (Å²) in [5, 5.41) is 6.73. The standard InChI is InChI=1S/C26H26ClN3O4/c1-18-9-11-19(12-10-18)23-16-22(20-6-3-4-7-21(20)27)28-30(23)25(31)17-29(13-15-33-2)26(32)24-8-5-14-34-24/h3-12,14,23H,13,15-17H2,1-2H3/t23-/m0/s1. The van der Waals surface area contributed by atoms with Crippen molar-refractivity contribution in [1.82, 2.24) is 9.91 Å². The molecule has 0 saturated carbocycles. The lowest BCUT2D eigenvalue weighted by Gasteiger charge is -2.26. The Morgan fingerprint density at radius 1 is 1.15 bits per heavy atom. The summed E-state index contributed by atoms with van der Waals surface area (Å²) < 4.78 is 10.4. The maximum absolute atomic E-state index is 13.5. The molecule has 1 aliphatic heterocycles. The molecule has 0 unspecified atom stereocenters. The van der Waals surface area contributed by atoms with E-state index in [1.165, 1.54) is 16.2 Å². The summed E-state index contributed by atoms with van der Waals surface area (Å²) in [6.45, 7) is 2.38. The van der Waals surface area contributed by atoms with Crippen molar-refractivity contribution in [2.24, 2.45) is 5.10 Å². The van der Waals surface area contributed by atoms with Crippen molar-refractivity contribution in [2.45, 2.75) is 19.4 Å². The van der Waals surface area contributed by atoms with Gasteiger partial charge >= 0.3 is 0 Å². The van der Waals surface area contributed by atoms with Gasteiger partial charge in [0.1, 0.15) is 6.54 Å². The summed E-state index contributed by atoms with van der Waals surface area (Å²) in [6.07, 6.45) is 1.94. The van der Waals surface area contributed by atoms with Gasteiger partial charge in [0.2, 0.25) is 0 Å². The average molecular weight is 480 g/mol. The summed E-state index contributed by atoms with van der Waals surface area (Å²) >= 11 is 6.42. The molecule has 2 amide bonds. The van der Waals surface area contributed by atoms with Crippen molar-refractivity contribution < 1.29 is 18.7 Å². The molecule has 0 saturated heterocycles. The van der Waals surface area contributed by atoms with Gasteiger partial charge in [-0.1, -0.05) is 59.6 Å². The fraction of sp³-hybridized carbons (Fsp3) is 0.269. The average Bonchev–Trinajstić information content (AvgIpc) is 3.53. The molecule has 7 nitrogen and oxygen atoms in total. The number of hydrogen-bond acceptors (Lipinski definition) is 5. The van der Waals surface area contributed by atoms with Gasteiger partial charge in [-0.2, -0.15) is 5.10 Å². The Labute approximate surface area is 203 Å². The van der Waals surface area contributed by atoms with E-state index in [4.69, 9.17) is 20.8 Å². The van der Waals surface area contributed by atoms with E-state index in [1.54, 1.807) is 25.3 Å². The van der Waals surface area contributed by atoms with Gasteiger partial charge in [0.15, 0.2) is 5.76 Å². The molecule has 0 N–H and O–H groups in total. The second kappa shape index (κ2) is 10.7. The van der Waals surface area contributed by atoms with Crippen LogP contribution in [0.5, 0.6) is 0 Å². The molecule has 2 aromatic carbocycles. The highest BCUT2D eigenvalue weighted by atomic mass is 35.5. The van der Waals surface area contributed by atoms with Crippen LogP contribution in [0.2, 0.25) is 5.02 Å². The monoisotopic (exact) mass is 479 g/mol. The van der Waals surface area contributed by atoms with Gasteiger partial charge in [-0.25, -0.2) is 5.01 Å². The van der Waals surface area contributed by atoms with Crippen LogP contribution in [0.4, 0.5) is 0 Å². The van der Waals surface area contributed by atoms with Gasteiger partial charge in [0.25, 0.3) is 11.8 Å². The number of halogens is 1. The van der Waals surface area contributed by atoms with Crippen LogP contribution in [0.25, 0.3) is 0 Å². The number of furan rings is 1. The van der Waals surface area contributed by atoms with Gasteiger partial charge in [-0.3, -0.25) is 9.59 Å². The second-order valence-electron chi connectivity index (χ2n) is 8.09. The maximum atomic E-state index is 13.5. The Kier molecular flexibility index (Phi) is 7.45. The molecule has 0 aliphatic carbocycles. The number of carbonyl (C=O) groups is 2. The second-order valence-corrected chi connectivity index (χ2v) is 8.50. The molecule has 0 fully saturated rings. The number of ether oxygens (including phenoxy) is 1. The molecular weight excluding hydrogens is 454 g/mol. The van der Waals surface area contributed by atoms with Crippen molar-refractivity contribution in [1.29, 1.82) is 0 Å².